The molecule has 3 heteroatoms. The van der Waals surface area contributed by atoms with Gasteiger partial charge in [-0.05, 0) is 43.5 Å². The van der Waals surface area contributed by atoms with Crippen LogP contribution in [0.3, 0.4) is 0 Å². The van der Waals surface area contributed by atoms with Crippen molar-refractivity contribution in [3.05, 3.63) is 30.1 Å². The molecule has 0 saturated carbocycles. The fraction of sp³-hybridized carbons (Fsp3) is 0.588. The molecule has 20 heavy (non-hydrogen) atoms. The number of fused-ring (bicyclic) bond motifs is 1. The number of aromatic nitrogens is 2. The van der Waals surface area contributed by atoms with E-state index in [-0.39, 0.29) is 5.41 Å². The zero-order valence-corrected chi connectivity index (χ0v) is 12.9. The van der Waals surface area contributed by atoms with Crippen LogP contribution < -0.4 is 0 Å². The van der Waals surface area contributed by atoms with Crippen LogP contribution in [0.5, 0.6) is 0 Å². The molecule has 108 valence electrons. The number of hydrogen-bond donors (Lipinski definition) is 0. The average molecular weight is 271 g/mol. The Hall–Kier alpha value is -1.35. The molecule has 0 atom stereocenters. The predicted octanol–water partition coefficient (Wildman–Crippen LogP) is 3.68. The standard InChI is InChI=1S/C17H25N3/c1-17(2,3)13-20-15-9-5-4-8-14(15)18-16(20)12-19-10-6-7-11-19/h4-5,8-9H,6-7,10-13H2,1-3H3. The summed E-state index contributed by atoms with van der Waals surface area (Å²) in [6, 6.07) is 8.52. The number of hydrogen-bond acceptors (Lipinski definition) is 2. The summed E-state index contributed by atoms with van der Waals surface area (Å²) < 4.78 is 2.42. The minimum atomic E-state index is 0.267. The van der Waals surface area contributed by atoms with Gasteiger partial charge in [0, 0.05) is 6.54 Å². The van der Waals surface area contributed by atoms with Gasteiger partial charge < -0.3 is 4.57 Å². The van der Waals surface area contributed by atoms with Crippen LogP contribution in [0.15, 0.2) is 24.3 Å². The maximum absolute atomic E-state index is 4.88. The third-order valence-electron chi connectivity index (χ3n) is 3.93. The van der Waals surface area contributed by atoms with E-state index in [9.17, 15) is 0 Å². The Bertz CT molecular complexity index is 586. The number of imidazole rings is 1. The third-order valence-corrected chi connectivity index (χ3v) is 3.93. The van der Waals surface area contributed by atoms with E-state index in [1.165, 1.54) is 37.3 Å². The first kappa shape index (κ1) is 13.6. The minimum Gasteiger partial charge on any atom is -0.326 e. The summed E-state index contributed by atoms with van der Waals surface area (Å²) in [6.07, 6.45) is 2.67. The minimum absolute atomic E-state index is 0.267. The Kier molecular flexibility index (Phi) is 3.55. The Balaban J connectivity index is 1.98. The average Bonchev–Trinajstić information content (AvgIpc) is 2.98. The molecule has 1 aromatic carbocycles. The lowest BCUT2D eigenvalue weighted by Gasteiger charge is -2.23. The van der Waals surface area contributed by atoms with Gasteiger partial charge in [0.05, 0.1) is 17.6 Å². The van der Waals surface area contributed by atoms with Crippen LogP contribution in [-0.2, 0) is 13.1 Å². The Labute approximate surface area is 121 Å². The Morgan fingerprint density at radius 2 is 1.80 bits per heavy atom. The van der Waals surface area contributed by atoms with Gasteiger partial charge in [0.1, 0.15) is 5.82 Å². The summed E-state index contributed by atoms with van der Waals surface area (Å²) in [5.74, 6) is 1.23. The molecule has 3 nitrogen and oxygen atoms in total. The zero-order valence-electron chi connectivity index (χ0n) is 12.9. The molecular weight excluding hydrogens is 246 g/mol. The first-order chi connectivity index (χ1) is 9.53. The van der Waals surface area contributed by atoms with Gasteiger partial charge in [-0.3, -0.25) is 4.90 Å². The largest absolute Gasteiger partial charge is 0.326 e. The highest BCUT2D eigenvalue weighted by Gasteiger charge is 2.20. The molecule has 0 N–H and O–H groups in total. The maximum Gasteiger partial charge on any atom is 0.124 e. The van der Waals surface area contributed by atoms with Crippen molar-refractivity contribution in [2.45, 2.75) is 46.7 Å². The highest BCUT2D eigenvalue weighted by atomic mass is 15.2. The zero-order chi connectivity index (χ0) is 14.2. The Morgan fingerprint density at radius 1 is 1.10 bits per heavy atom. The predicted molar refractivity (Wildman–Crippen MR) is 83.7 cm³/mol. The summed E-state index contributed by atoms with van der Waals surface area (Å²) in [5.41, 5.74) is 2.67. The molecule has 1 aromatic heterocycles. The normalized spacial score (nSPS) is 17.1. The van der Waals surface area contributed by atoms with Crippen molar-refractivity contribution in [3.63, 3.8) is 0 Å². The van der Waals surface area contributed by atoms with Gasteiger partial charge in [0.25, 0.3) is 0 Å². The molecule has 3 rings (SSSR count). The molecule has 0 spiro atoms. The maximum atomic E-state index is 4.88. The monoisotopic (exact) mass is 271 g/mol. The summed E-state index contributed by atoms with van der Waals surface area (Å²) in [6.45, 7) is 11.3. The number of rotatable bonds is 3. The fourth-order valence-corrected chi connectivity index (χ4v) is 3.04. The van der Waals surface area contributed by atoms with Gasteiger partial charge in [-0.2, -0.15) is 0 Å². The fourth-order valence-electron chi connectivity index (χ4n) is 3.04. The first-order valence-corrected chi connectivity index (χ1v) is 7.69. The third kappa shape index (κ3) is 2.88. The molecule has 0 bridgehead atoms. The summed E-state index contributed by atoms with van der Waals surface area (Å²) in [4.78, 5) is 7.41. The van der Waals surface area contributed by atoms with Crippen LogP contribution in [-0.4, -0.2) is 27.5 Å². The number of benzene rings is 1. The van der Waals surface area contributed by atoms with Crippen molar-refractivity contribution in [1.29, 1.82) is 0 Å². The van der Waals surface area contributed by atoms with Crippen molar-refractivity contribution >= 4 is 11.0 Å². The summed E-state index contributed by atoms with van der Waals surface area (Å²) in [7, 11) is 0. The van der Waals surface area contributed by atoms with Crippen molar-refractivity contribution in [3.8, 4) is 0 Å². The van der Waals surface area contributed by atoms with Crippen LogP contribution in [0.4, 0.5) is 0 Å². The van der Waals surface area contributed by atoms with Gasteiger partial charge in [-0.25, -0.2) is 4.98 Å². The SMILES string of the molecule is CC(C)(C)Cn1c(CN2CCCC2)nc2ccccc21. The van der Waals surface area contributed by atoms with E-state index in [4.69, 9.17) is 4.98 Å². The van der Waals surface area contributed by atoms with E-state index >= 15 is 0 Å². The molecule has 0 amide bonds. The second kappa shape index (κ2) is 5.21. The number of likely N-dealkylation sites (tertiary alicyclic amines) is 1. The van der Waals surface area contributed by atoms with Gasteiger partial charge in [-0.15, -0.1) is 0 Å². The lowest BCUT2D eigenvalue weighted by molar-refractivity contribution is 0.297. The molecule has 2 heterocycles. The van der Waals surface area contributed by atoms with E-state index in [0.717, 1.165) is 18.6 Å². The molecule has 0 aliphatic carbocycles. The summed E-state index contributed by atoms with van der Waals surface area (Å²) in [5, 5.41) is 0. The topological polar surface area (TPSA) is 21.1 Å². The molecule has 1 saturated heterocycles. The highest BCUT2D eigenvalue weighted by Crippen LogP contribution is 2.24. The van der Waals surface area contributed by atoms with E-state index < -0.39 is 0 Å². The summed E-state index contributed by atoms with van der Waals surface area (Å²) >= 11 is 0. The van der Waals surface area contributed by atoms with Crippen molar-refractivity contribution < 1.29 is 0 Å². The van der Waals surface area contributed by atoms with Crippen molar-refractivity contribution in [1.82, 2.24) is 14.5 Å². The molecular formula is C17H25N3. The molecule has 1 aliphatic rings. The second-order valence-corrected chi connectivity index (χ2v) is 7.15. The van der Waals surface area contributed by atoms with Crippen molar-refractivity contribution in [2.75, 3.05) is 13.1 Å². The smallest absolute Gasteiger partial charge is 0.124 e. The molecule has 2 aromatic rings. The lowest BCUT2D eigenvalue weighted by atomic mass is 9.96. The van der Waals surface area contributed by atoms with Crippen LogP contribution in [0.2, 0.25) is 0 Å². The lowest BCUT2D eigenvalue weighted by Crippen LogP contribution is -2.24. The van der Waals surface area contributed by atoms with E-state index in [1.54, 1.807) is 0 Å². The number of nitrogens with zero attached hydrogens (tertiary/aromatic N) is 3. The highest BCUT2D eigenvalue weighted by molar-refractivity contribution is 5.75. The number of para-hydroxylation sites is 2. The first-order valence-electron chi connectivity index (χ1n) is 7.69. The molecule has 0 unspecified atom stereocenters. The van der Waals surface area contributed by atoms with Gasteiger partial charge >= 0.3 is 0 Å². The van der Waals surface area contributed by atoms with Crippen LogP contribution >= 0.6 is 0 Å². The van der Waals surface area contributed by atoms with E-state index in [0.29, 0.717) is 0 Å². The quantitative estimate of drug-likeness (QED) is 0.849. The molecule has 0 radical (unpaired) electrons. The van der Waals surface area contributed by atoms with Crippen molar-refractivity contribution in [2.24, 2.45) is 5.41 Å². The van der Waals surface area contributed by atoms with Gasteiger partial charge in [0.15, 0.2) is 0 Å². The van der Waals surface area contributed by atoms with E-state index in [2.05, 4.69) is 54.5 Å². The Morgan fingerprint density at radius 3 is 2.50 bits per heavy atom. The molecule has 1 fully saturated rings. The van der Waals surface area contributed by atoms with Gasteiger partial charge in [-0.1, -0.05) is 32.9 Å². The van der Waals surface area contributed by atoms with Crippen LogP contribution in [0.25, 0.3) is 11.0 Å². The second-order valence-electron chi connectivity index (χ2n) is 7.15. The molecule has 1 aliphatic heterocycles. The van der Waals surface area contributed by atoms with Gasteiger partial charge in [0.2, 0.25) is 0 Å². The van der Waals surface area contributed by atoms with Crippen LogP contribution in [0, 0.1) is 5.41 Å². The van der Waals surface area contributed by atoms with E-state index in [1.807, 2.05) is 0 Å². The van der Waals surface area contributed by atoms with Crippen LogP contribution in [0.1, 0.15) is 39.4 Å².